The van der Waals surface area contributed by atoms with Gasteiger partial charge in [0.15, 0.2) is 12.0 Å². The lowest BCUT2D eigenvalue weighted by Gasteiger charge is -2.08. The Morgan fingerprint density at radius 1 is 1.00 bits per heavy atom. The Morgan fingerprint density at radius 3 is 2.52 bits per heavy atom. The summed E-state index contributed by atoms with van der Waals surface area (Å²) < 4.78 is 17.1. The standard InChI is InChI=1S/C22H20O6S/c1-14(2)22(25)27-11-5-10-26-20(23)13-28-15-8-9-17-19(12-15)29-18-7-4-3-6-16(18)21(17)24/h3-4,6-9,12H,1,5,10-11,13H2,2H3. The summed E-state index contributed by atoms with van der Waals surface area (Å²) in [4.78, 5) is 35.6. The van der Waals surface area contributed by atoms with Gasteiger partial charge in [-0.15, -0.1) is 11.3 Å². The van der Waals surface area contributed by atoms with Crippen LogP contribution in [0.4, 0.5) is 0 Å². The topological polar surface area (TPSA) is 78.9 Å². The lowest BCUT2D eigenvalue weighted by Crippen LogP contribution is -2.16. The van der Waals surface area contributed by atoms with E-state index in [1.807, 2.05) is 24.3 Å². The second-order valence-corrected chi connectivity index (χ2v) is 7.45. The molecule has 3 aromatic rings. The first-order chi connectivity index (χ1) is 14.0. The van der Waals surface area contributed by atoms with Crippen molar-refractivity contribution < 1.29 is 23.8 Å². The van der Waals surface area contributed by atoms with Crippen molar-refractivity contribution >= 4 is 43.4 Å². The lowest BCUT2D eigenvalue weighted by atomic mass is 10.2. The predicted molar refractivity (Wildman–Crippen MR) is 112 cm³/mol. The molecule has 150 valence electrons. The maximum atomic E-state index is 12.6. The zero-order chi connectivity index (χ0) is 20.8. The van der Waals surface area contributed by atoms with Gasteiger partial charge >= 0.3 is 11.9 Å². The Labute approximate surface area is 171 Å². The first-order valence-electron chi connectivity index (χ1n) is 9.02. The van der Waals surface area contributed by atoms with Crippen LogP contribution in [0.15, 0.2) is 59.4 Å². The molecule has 0 radical (unpaired) electrons. The van der Waals surface area contributed by atoms with Crippen LogP contribution in [-0.4, -0.2) is 31.8 Å². The van der Waals surface area contributed by atoms with Gasteiger partial charge in [-0.1, -0.05) is 18.7 Å². The third-order valence-corrected chi connectivity index (χ3v) is 5.17. The van der Waals surface area contributed by atoms with E-state index in [1.54, 1.807) is 25.1 Å². The second-order valence-electron chi connectivity index (χ2n) is 6.36. The van der Waals surface area contributed by atoms with Crippen molar-refractivity contribution in [2.45, 2.75) is 13.3 Å². The normalized spacial score (nSPS) is 10.7. The summed E-state index contributed by atoms with van der Waals surface area (Å²) in [5, 5.41) is 1.31. The molecule has 0 bridgehead atoms. The Kier molecular flexibility index (Phi) is 6.61. The van der Waals surface area contributed by atoms with E-state index in [2.05, 4.69) is 6.58 Å². The monoisotopic (exact) mass is 412 g/mol. The smallest absolute Gasteiger partial charge is 0.344 e. The largest absolute Gasteiger partial charge is 0.482 e. The van der Waals surface area contributed by atoms with Gasteiger partial charge < -0.3 is 14.2 Å². The van der Waals surface area contributed by atoms with E-state index in [1.165, 1.54) is 11.3 Å². The molecule has 0 fully saturated rings. The van der Waals surface area contributed by atoms with E-state index in [9.17, 15) is 14.4 Å². The summed E-state index contributed by atoms with van der Waals surface area (Å²) in [6.07, 6.45) is 0.391. The quantitative estimate of drug-likeness (QED) is 0.242. The molecule has 0 aliphatic rings. The molecule has 0 aliphatic heterocycles. The van der Waals surface area contributed by atoms with Gasteiger partial charge in [0.05, 0.1) is 13.2 Å². The van der Waals surface area contributed by atoms with Crippen LogP contribution in [0.5, 0.6) is 5.75 Å². The number of carbonyl (C=O) groups excluding carboxylic acids is 2. The third-order valence-electron chi connectivity index (χ3n) is 4.04. The lowest BCUT2D eigenvalue weighted by molar-refractivity contribution is -0.146. The van der Waals surface area contributed by atoms with Gasteiger partial charge in [-0.3, -0.25) is 4.79 Å². The van der Waals surface area contributed by atoms with Crippen LogP contribution in [0.2, 0.25) is 0 Å². The number of rotatable bonds is 8. The molecule has 0 saturated carbocycles. The summed E-state index contributed by atoms with van der Waals surface area (Å²) in [7, 11) is 0. The van der Waals surface area contributed by atoms with E-state index in [0.29, 0.717) is 28.5 Å². The van der Waals surface area contributed by atoms with Crippen LogP contribution in [-0.2, 0) is 19.1 Å². The maximum absolute atomic E-state index is 12.6. The number of fused-ring (bicyclic) bond motifs is 2. The molecule has 0 amide bonds. The molecule has 2 aromatic carbocycles. The average Bonchev–Trinajstić information content (AvgIpc) is 2.71. The Bertz CT molecular complexity index is 1130. The minimum Gasteiger partial charge on any atom is -0.482 e. The SMILES string of the molecule is C=C(C)C(=O)OCCCOC(=O)COc1ccc2c(=O)c3ccccc3sc2c1. The zero-order valence-corrected chi connectivity index (χ0v) is 16.8. The van der Waals surface area contributed by atoms with E-state index < -0.39 is 11.9 Å². The molecule has 3 rings (SSSR count). The Hall–Kier alpha value is -3.19. The average molecular weight is 412 g/mol. The maximum Gasteiger partial charge on any atom is 0.344 e. The highest BCUT2D eigenvalue weighted by molar-refractivity contribution is 7.24. The summed E-state index contributed by atoms with van der Waals surface area (Å²) in [6.45, 7) is 5.07. The molecule has 0 unspecified atom stereocenters. The van der Waals surface area contributed by atoms with Crippen LogP contribution in [0.1, 0.15) is 13.3 Å². The first-order valence-corrected chi connectivity index (χ1v) is 9.84. The van der Waals surface area contributed by atoms with Crippen molar-refractivity contribution in [2.75, 3.05) is 19.8 Å². The predicted octanol–water partition coefficient (Wildman–Crippen LogP) is 3.85. The van der Waals surface area contributed by atoms with Crippen molar-refractivity contribution in [3.63, 3.8) is 0 Å². The number of hydrogen-bond acceptors (Lipinski definition) is 7. The second kappa shape index (κ2) is 9.34. The fourth-order valence-electron chi connectivity index (χ4n) is 2.59. The number of ether oxygens (including phenoxy) is 3. The van der Waals surface area contributed by atoms with Crippen LogP contribution >= 0.6 is 11.3 Å². The summed E-state index contributed by atoms with van der Waals surface area (Å²) in [5.74, 6) is -0.509. The minimum atomic E-state index is -0.525. The van der Waals surface area contributed by atoms with E-state index >= 15 is 0 Å². The van der Waals surface area contributed by atoms with Gasteiger partial charge in [0.25, 0.3) is 0 Å². The summed E-state index contributed by atoms with van der Waals surface area (Å²) in [6, 6.07) is 12.6. The van der Waals surface area contributed by atoms with Crippen molar-refractivity contribution in [2.24, 2.45) is 0 Å². The molecular weight excluding hydrogens is 392 g/mol. The van der Waals surface area contributed by atoms with Gasteiger partial charge in [-0.05, 0) is 37.3 Å². The van der Waals surface area contributed by atoms with Crippen LogP contribution in [0, 0.1) is 0 Å². The molecule has 7 heteroatoms. The molecule has 1 aromatic heterocycles. The molecule has 29 heavy (non-hydrogen) atoms. The summed E-state index contributed by atoms with van der Waals surface area (Å²) >= 11 is 1.49. The van der Waals surface area contributed by atoms with Crippen molar-refractivity contribution in [1.82, 2.24) is 0 Å². The number of esters is 2. The van der Waals surface area contributed by atoms with Crippen LogP contribution in [0.3, 0.4) is 0 Å². The Morgan fingerprint density at radius 2 is 1.72 bits per heavy atom. The van der Waals surface area contributed by atoms with Crippen molar-refractivity contribution in [3.8, 4) is 5.75 Å². The van der Waals surface area contributed by atoms with Crippen LogP contribution in [0.25, 0.3) is 20.2 Å². The van der Waals surface area contributed by atoms with E-state index in [4.69, 9.17) is 14.2 Å². The molecule has 0 aliphatic carbocycles. The van der Waals surface area contributed by atoms with Gasteiger partial charge in [0, 0.05) is 32.2 Å². The number of benzene rings is 2. The van der Waals surface area contributed by atoms with Gasteiger partial charge in [0.2, 0.25) is 0 Å². The fraction of sp³-hybridized carbons (Fsp3) is 0.227. The summed E-state index contributed by atoms with van der Waals surface area (Å²) in [5.41, 5.74) is 0.302. The molecule has 0 atom stereocenters. The molecule has 0 saturated heterocycles. The van der Waals surface area contributed by atoms with E-state index in [-0.39, 0.29) is 25.2 Å². The molecular formula is C22H20O6S. The third kappa shape index (κ3) is 5.20. The Balaban J connectivity index is 1.53. The van der Waals surface area contributed by atoms with E-state index in [0.717, 1.165) is 9.40 Å². The molecule has 0 spiro atoms. The number of carbonyl (C=O) groups is 2. The first kappa shape index (κ1) is 20.5. The van der Waals surface area contributed by atoms with Gasteiger partial charge in [0.1, 0.15) is 5.75 Å². The van der Waals surface area contributed by atoms with Gasteiger partial charge in [-0.2, -0.15) is 0 Å². The zero-order valence-electron chi connectivity index (χ0n) is 15.9. The molecule has 6 nitrogen and oxygen atoms in total. The molecule has 0 N–H and O–H groups in total. The number of hydrogen-bond donors (Lipinski definition) is 0. The highest BCUT2D eigenvalue weighted by Gasteiger charge is 2.09. The highest BCUT2D eigenvalue weighted by atomic mass is 32.1. The van der Waals surface area contributed by atoms with Crippen molar-refractivity contribution in [3.05, 3.63) is 64.8 Å². The van der Waals surface area contributed by atoms with Gasteiger partial charge in [-0.25, -0.2) is 9.59 Å². The fourth-order valence-corrected chi connectivity index (χ4v) is 3.69. The minimum absolute atomic E-state index is 0.0207. The van der Waals surface area contributed by atoms with Crippen LogP contribution < -0.4 is 10.2 Å². The van der Waals surface area contributed by atoms with Crippen molar-refractivity contribution in [1.29, 1.82) is 0 Å². The highest BCUT2D eigenvalue weighted by Crippen LogP contribution is 2.27. The molecule has 1 heterocycles.